The van der Waals surface area contributed by atoms with Crippen LogP contribution in [0, 0.1) is 12.8 Å². The largest absolute Gasteiger partial charge is 0.485 e. The summed E-state index contributed by atoms with van der Waals surface area (Å²) in [6, 6.07) is 10.0. The van der Waals surface area contributed by atoms with Gasteiger partial charge in [-0.05, 0) is 67.6 Å². The zero-order chi connectivity index (χ0) is 22.0. The lowest BCUT2D eigenvalue weighted by molar-refractivity contribution is -0.125. The minimum Gasteiger partial charge on any atom is -0.485 e. The van der Waals surface area contributed by atoms with Gasteiger partial charge in [0.2, 0.25) is 5.91 Å². The number of anilines is 1. The molecule has 0 unspecified atom stereocenters. The highest BCUT2D eigenvalue weighted by atomic mass is 35.5. The number of nitrogens with zero attached hydrogens (tertiary/aromatic N) is 1. The van der Waals surface area contributed by atoms with Crippen LogP contribution in [-0.4, -0.2) is 43.9 Å². The number of amides is 2. The maximum Gasteiger partial charge on any atom is 0.265 e. The first-order valence-corrected chi connectivity index (χ1v) is 10.5. The number of nitrogens with one attached hydrogen (secondary N) is 1. The lowest BCUT2D eigenvalue weighted by atomic mass is 10.1. The van der Waals surface area contributed by atoms with E-state index in [-0.39, 0.29) is 37.4 Å². The van der Waals surface area contributed by atoms with Crippen molar-refractivity contribution >= 4 is 34.9 Å². The summed E-state index contributed by atoms with van der Waals surface area (Å²) in [5.41, 5.74) is 1.60. The third-order valence-corrected chi connectivity index (χ3v) is 5.54. The van der Waals surface area contributed by atoms with Gasteiger partial charge in [0.15, 0.2) is 19.0 Å². The van der Waals surface area contributed by atoms with Crippen LogP contribution in [0.3, 0.4) is 0 Å². The van der Waals surface area contributed by atoms with Crippen LogP contribution in [0.5, 0.6) is 11.5 Å². The van der Waals surface area contributed by atoms with Crippen molar-refractivity contribution < 1.29 is 23.9 Å². The fourth-order valence-electron chi connectivity index (χ4n) is 3.33. The number of ketones is 1. The highest BCUT2D eigenvalue weighted by Gasteiger charge is 2.29. The predicted octanol–water partition coefficient (Wildman–Crippen LogP) is 3.16. The second kappa shape index (κ2) is 8.98. The maximum atomic E-state index is 12.7. The Morgan fingerprint density at radius 2 is 2.03 bits per heavy atom. The molecule has 0 spiro atoms. The van der Waals surface area contributed by atoms with Gasteiger partial charge in [-0.1, -0.05) is 11.6 Å². The molecule has 2 aromatic carbocycles. The lowest BCUT2D eigenvalue weighted by Gasteiger charge is -2.29. The van der Waals surface area contributed by atoms with Gasteiger partial charge in [0.05, 0.1) is 5.69 Å². The standard InChI is InChI=1S/C23H23ClN2O5/c1-14-8-17(24)5-7-20(14)30-12-19(27)16-4-6-21-18(9-16)26(23(29)13-31-21)11-22(28)25-10-15-2-3-15/h4-9,15H,2-3,10-13H2,1H3,(H,25,28). The molecule has 162 valence electrons. The van der Waals surface area contributed by atoms with E-state index in [1.54, 1.807) is 36.4 Å². The molecule has 1 heterocycles. The van der Waals surface area contributed by atoms with Crippen LogP contribution in [0.25, 0.3) is 0 Å². The quantitative estimate of drug-likeness (QED) is 0.635. The summed E-state index contributed by atoms with van der Waals surface area (Å²) in [4.78, 5) is 38.8. The molecule has 2 aromatic rings. The van der Waals surface area contributed by atoms with E-state index >= 15 is 0 Å². The van der Waals surface area contributed by atoms with Crippen LogP contribution < -0.4 is 19.7 Å². The zero-order valence-electron chi connectivity index (χ0n) is 17.2. The highest BCUT2D eigenvalue weighted by Crippen LogP contribution is 2.33. The second-order valence-corrected chi connectivity index (χ2v) is 8.26. The van der Waals surface area contributed by atoms with Gasteiger partial charge < -0.3 is 14.8 Å². The van der Waals surface area contributed by atoms with Crippen LogP contribution >= 0.6 is 11.6 Å². The number of hydrogen-bond acceptors (Lipinski definition) is 5. The Hall–Kier alpha value is -3.06. The van der Waals surface area contributed by atoms with Crippen molar-refractivity contribution in [2.24, 2.45) is 5.92 Å². The zero-order valence-corrected chi connectivity index (χ0v) is 17.9. The number of carbonyl (C=O) groups excluding carboxylic acids is 3. The third-order valence-electron chi connectivity index (χ3n) is 5.31. The highest BCUT2D eigenvalue weighted by molar-refractivity contribution is 6.30. The van der Waals surface area contributed by atoms with Crippen LogP contribution in [0.4, 0.5) is 5.69 Å². The number of halogens is 1. The molecule has 8 heteroatoms. The summed E-state index contributed by atoms with van der Waals surface area (Å²) in [6.07, 6.45) is 2.26. The first-order chi connectivity index (χ1) is 14.9. The smallest absolute Gasteiger partial charge is 0.265 e. The fourth-order valence-corrected chi connectivity index (χ4v) is 3.56. The number of Topliss-reactive ketones (excluding diaryl/α,β-unsaturated/α-hetero) is 1. The molecule has 1 aliphatic heterocycles. The van der Waals surface area contributed by atoms with Gasteiger partial charge in [-0.2, -0.15) is 0 Å². The minimum absolute atomic E-state index is 0.111. The molecular formula is C23H23ClN2O5. The van der Waals surface area contributed by atoms with Gasteiger partial charge in [-0.15, -0.1) is 0 Å². The van der Waals surface area contributed by atoms with E-state index in [0.717, 1.165) is 18.4 Å². The average Bonchev–Trinajstić information content (AvgIpc) is 3.58. The van der Waals surface area contributed by atoms with Crippen molar-refractivity contribution in [3.8, 4) is 11.5 Å². The predicted molar refractivity (Wildman–Crippen MR) is 116 cm³/mol. The summed E-state index contributed by atoms with van der Waals surface area (Å²) in [7, 11) is 0. The molecule has 0 aromatic heterocycles. The number of carbonyl (C=O) groups is 3. The van der Waals surface area contributed by atoms with E-state index < -0.39 is 0 Å². The third kappa shape index (κ3) is 5.17. The Kier molecular flexibility index (Phi) is 6.13. The first kappa shape index (κ1) is 21.2. The minimum atomic E-state index is -0.327. The van der Waals surface area contributed by atoms with Crippen LogP contribution in [0.2, 0.25) is 5.02 Å². The Labute approximate surface area is 185 Å². The van der Waals surface area contributed by atoms with Crippen molar-refractivity contribution in [3.05, 3.63) is 52.5 Å². The lowest BCUT2D eigenvalue weighted by Crippen LogP contribution is -2.45. The molecule has 0 atom stereocenters. The monoisotopic (exact) mass is 442 g/mol. The Bertz CT molecular complexity index is 1030. The van der Waals surface area contributed by atoms with Gasteiger partial charge in [0.1, 0.15) is 18.0 Å². The number of aryl methyl sites for hydroxylation is 1. The molecule has 1 aliphatic carbocycles. The molecule has 0 radical (unpaired) electrons. The summed E-state index contributed by atoms with van der Waals surface area (Å²) >= 11 is 5.95. The summed E-state index contributed by atoms with van der Waals surface area (Å²) in [5, 5.41) is 3.45. The van der Waals surface area contributed by atoms with Crippen molar-refractivity contribution in [2.45, 2.75) is 19.8 Å². The SMILES string of the molecule is Cc1cc(Cl)ccc1OCC(=O)c1ccc2c(c1)N(CC(=O)NCC1CC1)C(=O)CO2. The molecular weight excluding hydrogens is 420 g/mol. The molecule has 2 amide bonds. The first-order valence-electron chi connectivity index (χ1n) is 10.2. The molecule has 4 rings (SSSR count). The molecule has 0 bridgehead atoms. The van der Waals surface area contributed by atoms with E-state index in [1.807, 2.05) is 6.92 Å². The molecule has 1 N–H and O–H groups in total. The van der Waals surface area contributed by atoms with Crippen LogP contribution in [0.15, 0.2) is 36.4 Å². The average molecular weight is 443 g/mol. The number of hydrogen-bond donors (Lipinski definition) is 1. The van der Waals surface area contributed by atoms with Gasteiger partial charge in [0.25, 0.3) is 5.91 Å². The summed E-state index contributed by atoms with van der Waals surface area (Å²) in [5.74, 6) is 0.764. The number of benzene rings is 2. The van der Waals surface area contributed by atoms with Crippen molar-refractivity contribution in [1.29, 1.82) is 0 Å². The second-order valence-electron chi connectivity index (χ2n) is 7.82. The van der Waals surface area contributed by atoms with E-state index in [9.17, 15) is 14.4 Å². The normalized spacial score (nSPS) is 15.2. The van der Waals surface area contributed by atoms with Crippen molar-refractivity contribution in [3.63, 3.8) is 0 Å². The molecule has 0 saturated heterocycles. The van der Waals surface area contributed by atoms with E-state index in [4.69, 9.17) is 21.1 Å². The number of rotatable bonds is 8. The number of fused-ring (bicyclic) bond motifs is 1. The Morgan fingerprint density at radius 1 is 1.23 bits per heavy atom. The van der Waals surface area contributed by atoms with Gasteiger partial charge >= 0.3 is 0 Å². The topological polar surface area (TPSA) is 84.9 Å². The Balaban J connectivity index is 1.46. The Morgan fingerprint density at radius 3 is 2.77 bits per heavy atom. The molecule has 1 fully saturated rings. The van der Waals surface area contributed by atoms with Crippen molar-refractivity contribution in [2.75, 3.05) is 31.2 Å². The summed E-state index contributed by atoms with van der Waals surface area (Å²) < 4.78 is 11.1. The molecule has 31 heavy (non-hydrogen) atoms. The fraction of sp³-hybridized carbons (Fsp3) is 0.348. The maximum absolute atomic E-state index is 12.7. The van der Waals surface area contributed by atoms with Crippen molar-refractivity contribution in [1.82, 2.24) is 5.32 Å². The van der Waals surface area contributed by atoms with E-state index in [0.29, 0.717) is 40.2 Å². The van der Waals surface area contributed by atoms with Gasteiger partial charge in [-0.25, -0.2) is 0 Å². The van der Waals surface area contributed by atoms with E-state index in [1.165, 1.54) is 4.90 Å². The molecule has 7 nitrogen and oxygen atoms in total. The van der Waals surface area contributed by atoms with Crippen LogP contribution in [-0.2, 0) is 9.59 Å². The van der Waals surface area contributed by atoms with Gasteiger partial charge in [0, 0.05) is 17.1 Å². The van der Waals surface area contributed by atoms with Crippen LogP contribution in [0.1, 0.15) is 28.8 Å². The van der Waals surface area contributed by atoms with Gasteiger partial charge in [-0.3, -0.25) is 19.3 Å². The molecule has 1 saturated carbocycles. The summed E-state index contributed by atoms with van der Waals surface area (Å²) in [6.45, 7) is 2.05. The number of ether oxygens (including phenoxy) is 2. The molecule has 2 aliphatic rings. The van der Waals surface area contributed by atoms with E-state index in [2.05, 4.69) is 5.32 Å².